The van der Waals surface area contributed by atoms with E-state index in [1.807, 2.05) is 60.7 Å². The second kappa shape index (κ2) is 17.8. The molecule has 0 aliphatic heterocycles. The lowest BCUT2D eigenvalue weighted by Gasteiger charge is -2.08. The maximum absolute atomic E-state index is 12.9. The van der Waals surface area contributed by atoms with Crippen LogP contribution in [0.3, 0.4) is 0 Å². The van der Waals surface area contributed by atoms with Crippen LogP contribution in [0.4, 0.5) is 0 Å². The molecule has 3 nitrogen and oxygen atoms in total. The average molecular weight is 533 g/mol. The Morgan fingerprint density at radius 1 is 0.605 bits per heavy atom. The zero-order valence-corrected chi connectivity index (χ0v) is 23.9. The summed E-state index contributed by atoms with van der Waals surface area (Å²) in [5.41, 5.74) is 1.40. The van der Waals surface area contributed by atoms with E-state index in [-0.39, 0.29) is 10.9 Å². The van der Waals surface area contributed by atoms with Crippen LogP contribution in [-0.2, 0) is 4.79 Å². The Morgan fingerprint density at radius 2 is 1.13 bits per heavy atom. The lowest BCUT2D eigenvalue weighted by Crippen LogP contribution is -2.02. The lowest BCUT2D eigenvalue weighted by molar-refractivity contribution is -0.109. The van der Waals surface area contributed by atoms with Crippen LogP contribution >= 0.6 is 11.8 Å². The zero-order chi connectivity index (χ0) is 26.8. The minimum atomic E-state index is 0.0408. The number of fused-ring (bicyclic) bond motifs is 1. The van der Waals surface area contributed by atoms with E-state index in [2.05, 4.69) is 6.07 Å². The first-order valence-electron chi connectivity index (χ1n) is 14.5. The highest BCUT2D eigenvalue weighted by atomic mass is 32.2. The van der Waals surface area contributed by atoms with E-state index in [0.29, 0.717) is 11.1 Å². The fraction of sp³-hybridized carbons (Fsp3) is 0.471. The molecule has 0 atom stereocenters. The summed E-state index contributed by atoms with van der Waals surface area (Å²) >= 11 is 1.46. The van der Waals surface area contributed by atoms with E-state index in [9.17, 15) is 9.59 Å². The number of ether oxygens (including phenoxy) is 1. The molecule has 38 heavy (non-hydrogen) atoms. The van der Waals surface area contributed by atoms with E-state index in [1.54, 1.807) is 6.92 Å². The van der Waals surface area contributed by atoms with Crippen molar-refractivity contribution >= 4 is 33.4 Å². The smallest absolute Gasteiger partial charge is 0.193 e. The molecule has 204 valence electrons. The first-order valence-corrected chi connectivity index (χ1v) is 15.5. The van der Waals surface area contributed by atoms with Gasteiger partial charge in [-0.25, -0.2) is 0 Å². The Balaban J connectivity index is 1.17. The van der Waals surface area contributed by atoms with Crippen LogP contribution in [-0.4, -0.2) is 23.3 Å². The standard InChI is InChI=1S/C34H44O3S/c1-28(35)38-26-16-12-10-8-6-4-2-3-5-7-9-11-15-25-37-33-23-21-30(22-24-33)34(36)32-20-19-29-17-13-14-18-31(29)27-32/h13-14,17-24,27H,2-12,15-16,25-26H2,1H3. The van der Waals surface area contributed by atoms with Crippen LogP contribution in [0.2, 0.25) is 0 Å². The molecule has 0 heterocycles. The summed E-state index contributed by atoms with van der Waals surface area (Å²) < 4.78 is 5.90. The molecule has 0 radical (unpaired) electrons. The minimum Gasteiger partial charge on any atom is -0.494 e. The number of rotatable bonds is 19. The fourth-order valence-corrected chi connectivity index (χ4v) is 5.39. The van der Waals surface area contributed by atoms with Crippen molar-refractivity contribution < 1.29 is 14.3 Å². The van der Waals surface area contributed by atoms with Crippen LogP contribution in [0.15, 0.2) is 66.7 Å². The number of hydrogen-bond donors (Lipinski definition) is 0. The number of thioether (sulfide) groups is 1. The molecule has 3 rings (SSSR count). The quantitative estimate of drug-likeness (QED) is 0.114. The zero-order valence-electron chi connectivity index (χ0n) is 23.1. The molecular weight excluding hydrogens is 488 g/mol. The molecule has 0 unspecified atom stereocenters. The molecule has 0 amide bonds. The maximum atomic E-state index is 12.9. The number of unbranched alkanes of at least 4 members (excludes halogenated alkanes) is 12. The maximum Gasteiger partial charge on any atom is 0.193 e. The summed E-state index contributed by atoms with van der Waals surface area (Å²) in [6, 6.07) is 21.5. The summed E-state index contributed by atoms with van der Waals surface area (Å²) in [5.74, 6) is 1.86. The van der Waals surface area contributed by atoms with Gasteiger partial charge in [-0.2, -0.15) is 0 Å². The fourth-order valence-electron chi connectivity index (χ4n) is 4.75. The van der Waals surface area contributed by atoms with Crippen molar-refractivity contribution in [3.8, 4) is 5.75 Å². The van der Waals surface area contributed by atoms with E-state index < -0.39 is 0 Å². The van der Waals surface area contributed by atoms with Gasteiger partial charge in [0, 0.05) is 23.8 Å². The number of carbonyl (C=O) groups excluding carboxylic acids is 2. The summed E-state index contributed by atoms with van der Waals surface area (Å²) in [6.45, 7) is 2.38. The Morgan fingerprint density at radius 3 is 1.74 bits per heavy atom. The summed E-state index contributed by atoms with van der Waals surface area (Å²) in [7, 11) is 0. The Kier molecular flexibility index (Phi) is 14.1. The third-order valence-electron chi connectivity index (χ3n) is 6.99. The van der Waals surface area contributed by atoms with Crippen LogP contribution in [0.1, 0.15) is 106 Å². The third kappa shape index (κ3) is 11.4. The van der Waals surface area contributed by atoms with Gasteiger partial charge in [0.1, 0.15) is 5.75 Å². The van der Waals surface area contributed by atoms with Gasteiger partial charge in [0.15, 0.2) is 10.9 Å². The summed E-state index contributed by atoms with van der Waals surface area (Å²) in [6.07, 6.45) is 16.8. The molecule has 0 aromatic heterocycles. The van der Waals surface area contributed by atoms with Crippen molar-refractivity contribution in [3.63, 3.8) is 0 Å². The van der Waals surface area contributed by atoms with Gasteiger partial charge in [-0.15, -0.1) is 0 Å². The molecule has 0 aliphatic carbocycles. The molecule has 3 aromatic rings. The number of ketones is 1. The molecule has 0 saturated heterocycles. The van der Waals surface area contributed by atoms with Gasteiger partial charge in [0.25, 0.3) is 0 Å². The largest absolute Gasteiger partial charge is 0.494 e. The molecule has 0 fully saturated rings. The van der Waals surface area contributed by atoms with Crippen molar-refractivity contribution in [1.29, 1.82) is 0 Å². The highest BCUT2D eigenvalue weighted by Gasteiger charge is 2.10. The molecule has 4 heteroatoms. The predicted molar refractivity (Wildman–Crippen MR) is 162 cm³/mol. The van der Waals surface area contributed by atoms with Crippen molar-refractivity contribution in [2.24, 2.45) is 0 Å². The number of benzene rings is 3. The normalized spacial score (nSPS) is 11.1. The molecule has 3 aromatic carbocycles. The number of carbonyl (C=O) groups is 2. The highest BCUT2D eigenvalue weighted by molar-refractivity contribution is 8.13. The lowest BCUT2D eigenvalue weighted by atomic mass is 10.00. The van der Waals surface area contributed by atoms with Gasteiger partial charge in [0.2, 0.25) is 0 Å². The molecular formula is C34H44O3S. The van der Waals surface area contributed by atoms with Crippen LogP contribution in [0, 0.1) is 0 Å². The second-order valence-corrected chi connectivity index (χ2v) is 11.5. The van der Waals surface area contributed by atoms with Gasteiger partial charge >= 0.3 is 0 Å². The van der Waals surface area contributed by atoms with E-state index in [4.69, 9.17) is 4.74 Å². The van der Waals surface area contributed by atoms with Crippen molar-refractivity contribution in [1.82, 2.24) is 0 Å². The molecule has 0 N–H and O–H groups in total. The third-order valence-corrected chi connectivity index (χ3v) is 7.89. The minimum absolute atomic E-state index is 0.0408. The van der Waals surface area contributed by atoms with E-state index >= 15 is 0 Å². The average Bonchev–Trinajstić information content (AvgIpc) is 2.94. The topological polar surface area (TPSA) is 43.4 Å². The van der Waals surface area contributed by atoms with E-state index in [1.165, 1.54) is 88.8 Å². The predicted octanol–water partition coefficient (Wildman–Crippen LogP) is 9.80. The first kappa shape index (κ1) is 30.0. The van der Waals surface area contributed by atoms with E-state index in [0.717, 1.165) is 35.3 Å². The molecule has 0 bridgehead atoms. The Bertz CT molecular complexity index is 1110. The van der Waals surface area contributed by atoms with Gasteiger partial charge in [-0.3, -0.25) is 9.59 Å². The van der Waals surface area contributed by atoms with Gasteiger partial charge in [-0.1, -0.05) is 119 Å². The monoisotopic (exact) mass is 532 g/mol. The van der Waals surface area contributed by atoms with Crippen molar-refractivity contribution in [2.75, 3.05) is 12.4 Å². The second-order valence-electron chi connectivity index (χ2n) is 10.2. The van der Waals surface area contributed by atoms with Crippen molar-refractivity contribution in [3.05, 3.63) is 77.9 Å². The Labute approximate surface area is 233 Å². The van der Waals surface area contributed by atoms with Crippen LogP contribution in [0.25, 0.3) is 10.8 Å². The molecule has 0 spiro atoms. The summed E-state index contributed by atoms with van der Waals surface area (Å²) in [4.78, 5) is 23.8. The first-order chi connectivity index (χ1) is 18.6. The van der Waals surface area contributed by atoms with Gasteiger partial charge in [0.05, 0.1) is 6.61 Å². The van der Waals surface area contributed by atoms with Crippen LogP contribution in [0.5, 0.6) is 5.75 Å². The Hall–Kier alpha value is -2.59. The number of hydrogen-bond acceptors (Lipinski definition) is 4. The molecule has 0 aliphatic rings. The SMILES string of the molecule is CC(=O)SCCCCCCCCCCCCCCCOc1ccc(C(=O)c2ccc3ccccc3c2)cc1. The summed E-state index contributed by atoms with van der Waals surface area (Å²) in [5, 5.41) is 2.47. The van der Waals surface area contributed by atoms with Gasteiger partial charge in [-0.05, 0) is 53.9 Å². The van der Waals surface area contributed by atoms with Crippen molar-refractivity contribution in [2.45, 2.75) is 90.4 Å². The van der Waals surface area contributed by atoms with Gasteiger partial charge < -0.3 is 4.74 Å². The van der Waals surface area contributed by atoms with Crippen LogP contribution < -0.4 is 4.74 Å². The molecule has 0 saturated carbocycles. The highest BCUT2D eigenvalue weighted by Crippen LogP contribution is 2.20.